The summed E-state index contributed by atoms with van der Waals surface area (Å²) in [5.74, 6) is 1.64. The summed E-state index contributed by atoms with van der Waals surface area (Å²) >= 11 is 0. The Kier molecular flexibility index (Phi) is 6.06. The van der Waals surface area contributed by atoms with Crippen molar-refractivity contribution in [3.63, 3.8) is 0 Å². The molecular weight excluding hydrogens is 384 g/mol. The van der Waals surface area contributed by atoms with Crippen molar-refractivity contribution in [2.75, 3.05) is 19.7 Å². The lowest BCUT2D eigenvalue weighted by molar-refractivity contribution is 0.0163. The number of carbonyl (C=O) groups excluding carboxylic acids is 1. The first kappa shape index (κ1) is 20.8. The molecule has 7 nitrogen and oxygen atoms in total. The number of hydrogen-bond acceptors (Lipinski definition) is 6. The van der Waals surface area contributed by atoms with Gasteiger partial charge in [0.25, 0.3) is 5.88 Å². The summed E-state index contributed by atoms with van der Waals surface area (Å²) in [4.78, 5) is 14.0. The monoisotopic (exact) mass is 416 g/mol. The van der Waals surface area contributed by atoms with E-state index >= 15 is 0 Å². The average molecular weight is 417 g/mol. The fourth-order valence-corrected chi connectivity index (χ4v) is 4.12. The molecular formula is C23H32N2O5. The van der Waals surface area contributed by atoms with Gasteiger partial charge in [0.1, 0.15) is 16.7 Å². The van der Waals surface area contributed by atoms with Crippen molar-refractivity contribution in [1.82, 2.24) is 10.1 Å². The van der Waals surface area contributed by atoms with E-state index in [0.717, 1.165) is 36.8 Å². The van der Waals surface area contributed by atoms with Gasteiger partial charge in [0.05, 0.1) is 12.7 Å². The SMILES string of the molecule is CC(C)(C)OC(=O)N1CCC(COc2noc3cccc(OC4CCCC4)c23)CC1. The summed E-state index contributed by atoms with van der Waals surface area (Å²) in [5, 5.41) is 4.95. The molecule has 1 amide bonds. The van der Waals surface area contributed by atoms with Crippen molar-refractivity contribution in [3.8, 4) is 11.6 Å². The molecule has 2 fully saturated rings. The van der Waals surface area contributed by atoms with E-state index in [-0.39, 0.29) is 12.2 Å². The molecule has 164 valence electrons. The third-order valence-corrected chi connectivity index (χ3v) is 5.75. The third kappa shape index (κ3) is 4.99. The topological polar surface area (TPSA) is 74.0 Å². The van der Waals surface area contributed by atoms with Crippen LogP contribution in [0.3, 0.4) is 0 Å². The van der Waals surface area contributed by atoms with Crippen molar-refractivity contribution in [1.29, 1.82) is 0 Å². The summed E-state index contributed by atoms with van der Waals surface area (Å²) in [6, 6.07) is 5.77. The van der Waals surface area contributed by atoms with Crippen molar-refractivity contribution < 1.29 is 23.5 Å². The quantitative estimate of drug-likeness (QED) is 0.669. The lowest BCUT2D eigenvalue weighted by Crippen LogP contribution is -2.42. The van der Waals surface area contributed by atoms with Gasteiger partial charge in [-0.25, -0.2) is 4.79 Å². The molecule has 0 bridgehead atoms. The summed E-state index contributed by atoms with van der Waals surface area (Å²) < 4.78 is 23.2. The minimum atomic E-state index is -0.469. The maximum Gasteiger partial charge on any atom is 0.410 e. The molecule has 4 rings (SSSR count). The molecule has 0 unspecified atom stereocenters. The highest BCUT2D eigenvalue weighted by molar-refractivity contribution is 5.88. The van der Waals surface area contributed by atoms with E-state index < -0.39 is 5.60 Å². The van der Waals surface area contributed by atoms with Gasteiger partial charge in [-0.05, 0) is 82.5 Å². The predicted molar refractivity (Wildman–Crippen MR) is 113 cm³/mol. The zero-order valence-corrected chi connectivity index (χ0v) is 18.2. The number of benzene rings is 1. The zero-order chi connectivity index (χ0) is 21.1. The predicted octanol–water partition coefficient (Wildman–Crippen LogP) is 5.18. The molecule has 7 heteroatoms. The summed E-state index contributed by atoms with van der Waals surface area (Å²) in [6.07, 6.45) is 6.39. The van der Waals surface area contributed by atoms with E-state index in [1.165, 1.54) is 12.8 Å². The molecule has 0 radical (unpaired) electrons. The number of rotatable bonds is 5. The Labute approximate surface area is 177 Å². The Bertz CT molecular complexity index is 858. The first-order valence-electron chi connectivity index (χ1n) is 11.0. The Morgan fingerprint density at radius 2 is 1.90 bits per heavy atom. The Balaban J connectivity index is 1.34. The molecule has 0 N–H and O–H groups in total. The normalized spacial score (nSPS) is 18.7. The number of fused-ring (bicyclic) bond motifs is 1. The first-order valence-corrected chi connectivity index (χ1v) is 11.0. The molecule has 0 atom stereocenters. The summed E-state index contributed by atoms with van der Waals surface area (Å²) in [5.41, 5.74) is 0.212. The highest BCUT2D eigenvalue weighted by Gasteiger charge is 2.28. The van der Waals surface area contributed by atoms with Crippen LogP contribution in [0.5, 0.6) is 11.6 Å². The molecule has 2 aromatic rings. The summed E-state index contributed by atoms with van der Waals surface area (Å²) in [7, 11) is 0. The van der Waals surface area contributed by atoms with E-state index in [1.807, 2.05) is 39.0 Å². The first-order chi connectivity index (χ1) is 14.4. The smallest absolute Gasteiger partial charge is 0.410 e. The van der Waals surface area contributed by atoms with Gasteiger partial charge in [-0.2, -0.15) is 0 Å². The number of likely N-dealkylation sites (tertiary alicyclic amines) is 1. The van der Waals surface area contributed by atoms with Crippen LogP contribution in [-0.2, 0) is 4.74 Å². The fraction of sp³-hybridized carbons (Fsp3) is 0.652. The number of piperidine rings is 1. The standard InChI is InChI=1S/C23H32N2O5/c1-23(2,3)29-22(26)25-13-11-16(12-14-25)15-27-21-20-18(28-17-7-4-5-8-17)9-6-10-19(20)30-24-21/h6,9-10,16-17H,4-5,7-8,11-15H2,1-3H3. The van der Waals surface area contributed by atoms with E-state index in [0.29, 0.717) is 37.1 Å². The van der Waals surface area contributed by atoms with E-state index in [4.69, 9.17) is 18.7 Å². The molecule has 0 spiro atoms. The van der Waals surface area contributed by atoms with Gasteiger partial charge in [0.2, 0.25) is 0 Å². The van der Waals surface area contributed by atoms with Gasteiger partial charge in [-0.15, -0.1) is 0 Å². The fourth-order valence-electron chi connectivity index (χ4n) is 4.12. The number of carbonyl (C=O) groups is 1. The van der Waals surface area contributed by atoms with E-state index in [1.54, 1.807) is 4.90 Å². The van der Waals surface area contributed by atoms with Gasteiger partial charge >= 0.3 is 6.09 Å². The van der Waals surface area contributed by atoms with Gasteiger partial charge in [-0.1, -0.05) is 6.07 Å². The minimum Gasteiger partial charge on any atom is -0.489 e. The highest BCUT2D eigenvalue weighted by Crippen LogP contribution is 2.36. The second kappa shape index (κ2) is 8.74. The van der Waals surface area contributed by atoms with Gasteiger partial charge in [0.15, 0.2) is 5.58 Å². The van der Waals surface area contributed by atoms with Crippen LogP contribution in [0.2, 0.25) is 0 Å². The maximum atomic E-state index is 12.2. The van der Waals surface area contributed by atoms with Crippen LogP contribution in [0.25, 0.3) is 11.0 Å². The zero-order valence-electron chi connectivity index (χ0n) is 18.2. The van der Waals surface area contributed by atoms with Crippen molar-refractivity contribution in [3.05, 3.63) is 18.2 Å². The number of hydrogen-bond donors (Lipinski definition) is 0. The molecule has 1 saturated carbocycles. The summed E-state index contributed by atoms with van der Waals surface area (Å²) in [6.45, 7) is 7.56. The molecule has 30 heavy (non-hydrogen) atoms. The average Bonchev–Trinajstić information content (AvgIpc) is 3.36. The number of amides is 1. The number of ether oxygens (including phenoxy) is 3. The number of aromatic nitrogens is 1. The third-order valence-electron chi connectivity index (χ3n) is 5.75. The molecule has 1 aromatic heterocycles. The number of nitrogens with zero attached hydrogens (tertiary/aromatic N) is 2. The largest absolute Gasteiger partial charge is 0.489 e. The Hall–Kier alpha value is -2.44. The van der Waals surface area contributed by atoms with E-state index in [9.17, 15) is 4.79 Å². The van der Waals surface area contributed by atoms with Crippen LogP contribution in [0, 0.1) is 5.92 Å². The van der Waals surface area contributed by atoms with Crippen LogP contribution in [-0.4, -0.2) is 47.6 Å². The molecule has 2 heterocycles. The van der Waals surface area contributed by atoms with Crippen LogP contribution in [0.1, 0.15) is 59.3 Å². The second-order valence-electron chi connectivity index (χ2n) is 9.36. The Morgan fingerprint density at radius 3 is 2.60 bits per heavy atom. The molecule has 1 aromatic carbocycles. The van der Waals surface area contributed by atoms with Gasteiger partial charge in [0, 0.05) is 13.1 Å². The minimum absolute atomic E-state index is 0.238. The van der Waals surface area contributed by atoms with Gasteiger partial charge < -0.3 is 23.6 Å². The molecule has 1 saturated heterocycles. The van der Waals surface area contributed by atoms with Crippen molar-refractivity contribution in [2.24, 2.45) is 5.92 Å². The van der Waals surface area contributed by atoms with E-state index in [2.05, 4.69) is 5.16 Å². The second-order valence-corrected chi connectivity index (χ2v) is 9.36. The van der Waals surface area contributed by atoms with Crippen LogP contribution < -0.4 is 9.47 Å². The molecule has 1 aliphatic heterocycles. The maximum absolute atomic E-state index is 12.2. The van der Waals surface area contributed by atoms with Crippen LogP contribution in [0.15, 0.2) is 22.7 Å². The van der Waals surface area contributed by atoms with Gasteiger partial charge in [-0.3, -0.25) is 0 Å². The molecule has 1 aliphatic carbocycles. The Morgan fingerprint density at radius 1 is 1.17 bits per heavy atom. The van der Waals surface area contributed by atoms with Crippen molar-refractivity contribution in [2.45, 2.75) is 71.0 Å². The molecule has 2 aliphatic rings. The van der Waals surface area contributed by atoms with Crippen LogP contribution in [0.4, 0.5) is 4.79 Å². The lowest BCUT2D eigenvalue weighted by Gasteiger charge is -2.33. The lowest BCUT2D eigenvalue weighted by atomic mass is 9.98. The van der Waals surface area contributed by atoms with Crippen molar-refractivity contribution >= 4 is 17.1 Å². The highest BCUT2D eigenvalue weighted by atomic mass is 16.6. The van der Waals surface area contributed by atoms with Crippen LogP contribution >= 0.6 is 0 Å².